The van der Waals surface area contributed by atoms with Gasteiger partial charge in [0.1, 0.15) is 4.99 Å². The number of hydrogen-bond donors (Lipinski definition) is 0. The van der Waals surface area contributed by atoms with Crippen molar-refractivity contribution in [1.82, 2.24) is 4.90 Å². The molecule has 0 aromatic heterocycles. The second kappa shape index (κ2) is 6.89. The molecule has 0 unspecified atom stereocenters. The fraction of sp³-hybridized carbons (Fsp3) is 0.0556. The fourth-order valence-electron chi connectivity index (χ4n) is 2.20. The van der Waals surface area contributed by atoms with Crippen LogP contribution in [0.1, 0.15) is 15.9 Å². The first-order valence-corrected chi connectivity index (χ1v) is 8.26. The Kier molecular flexibility index (Phi) is 4.69. The average molecular weight is 339 g/mol. The number of carbonyl (C=O) groups excluding carboxylic acids is 2. The molecule has 1 amide bonds. The summed E-state index contributed by atoms with van der Waals surface area (Å²) in [6, 6.07) is 18.6. The van der Waals surface area contributed by atoms with Gasteiger partial charge in [0.25, 0.3) is 5.24 Å². The quantitative estimate of drug-likeness (QED) is 0.470. The topological polar surface area (TPSA) is 37.4 Å². The molecule has 0 spiro atoms. The minimum atomic E-state index is -0.207. The van der Waals surface area contributed by atoms with Crippen LogP contribution in [0.3, 0.4) is 0 Å². The van der Waals surface area contributed by atoms with E-state index in [2.05, 4.69) is 0 Å². The van der Waals surface area contributed by atoms with E-state index >= 15 is 0 Å². The number of thiocarbonyl (C=S) groups is 1. The Balaban J connectivity index is 1.77. The van der Waals surface area contributed by atoms with E-state index in [0.29, 0.717) is 15.5 Å². The van der Waals surface area contributed by atoms with Crippen molar-refractivity contribution in [3.63, 3.8) is 0 Å². The van der Waals surface area contributed by atoms with Gasteiger partial charge in [-0.25, -0.2) is 0 Å². The van der Waals surface area contributed by atoms with Crippen LogP contribution in [0.2, 0.25) is 0 Å². The Labute approximate surface area is 144 Å². The van der Waals surface area contributed by atoms with Crippen molar-refractivity contribution in [2.75, 3.05) is 6.54 Å². The van der Waals surface area contributed by atoms with E-state index in [4.69, 9.17) is 12.2 Å². The van der Waals surface area contributed by atoms with Crippen molar-refractivity contribution >= 4 is 46.1 Å². The van der Waals surface area contributed by atoms with E-state index in [1.54, 1.807) is 24.3 Å². The number of Topliss-reactive ketones (excluding diaryl/α,β-unsaturated/α-hetero) is 1. The van der Waals surface area contributed by atoms with Gasteiger partial charge in [-0.05, 0) is 23.4 Å². The summed E-state index contributed by atoms with van der Waals surface area (Å²) in [5, 5.41) is -0.207. The van der Waals surface area contributed by atoms with Gasteiger partial charge < -0.3 is 0 Å². The maximum absolute atomic E-state index is 12.3. The molecular weight excluding hydrogens is 326 g/mol. The smallest absolute Gasteiger partial charge is 0.292 e. The van der Waals surface area contributed by atoms with Crippen LogP contribution in [0.25, 0.3) is 6.08 Å². The molecule has 5 heteroatoms. The number of benzene rings is 2. The molecule has 2 aromatic rings. The lowest BCUT2D eigenvalue weighted by molar-refractivity contribution is 0.0973. The van der Waals surface area contributed by atoms with Crippen LogP contribution in [-0.2, 0) is 0 Å². The summed E-state index contributed by atoms with van der Waals surface area (Å²) in [5.74, 6) is -0.122. The van der Waals surface area contributed by atoms with Gasteiger partial charge in [-0.15, -0.1) is 0 Å². The SMILES string of the molecule is O=C(CN1C(=O)SC(=Cc2ccccc2)C1=S)c1ccccc1. The van der Waals surface area contributed by atoms with Gasteiger partial charge in [0.15, 0.2) is 5.78 Å². The van der Waals surface area contributed by atoms with Crippen LogP contribution in [0.4, 0.5) is 4.79 Å². The van der Waals surface area contributed by atoms with Gasteiger partial charge in [0.2, 0.25) is 0 Å². The zero-order chi connectivity index (χ0) is 16.2. The second-order valence-electron chi connectivity index (χ2n) is 4.97. The van der Waals surface area contributed by atoms with Gasteiger partial charge in [0, 0.05) is 5.56 Å². The zero-order valence-electron chi connectivity index (χ0n) is 12.1. The van der Waals surface area contributed by atoms with Crippen LogP contribution in [0.5, 0.6) is 0 Å². The maximum atomic E-state index is 12.3. The maximum Gasteiger partial charge on any atom is 0.292 e. The molecule has 0 radical (unpaired) electrons. The summed E-state index contributed by atoms with van der Waals surface area (Å²) < 4.78 is 0. The number of ketones is 1. The zero-order valence-corrected chi connectivity index (χ0v) is 13.8. The predicted molar refractivity (Wildman–Crippen MR) is 97.5 cm³/mol. The third-order valence-electron chi connectivity index (χ3n) is 3.37. The number of thioether (sulfide) groups is 1. The summed E-state index contributed by atoms with van der Waals surface area (Å²) in [5.41, 5.74) is 1.55. The first-order chi connectivity index (χ1) is 11.1. The Bertz CT molecular complexity index is 785. The largest absolute Gasteiger partial charge is 0.292 e. The van der Waals surface area contributed by atoms with Crippen LogP contribution in [0.15, 0.2) is 65.6 Å². The molecule has 1 aliphatic heterocycles. The highest BCUT2D eigenvalue weighted by Crippen LogP contribution is 2.33. The summed E-state index contributed by atoms with van der Waals surface area (Å²) in [6.07, 6.45) is 1.87. The standard InChI is InChI=1S/C18H13NO2S2/c20-15(14-9-5-2-6-10-14)12-19-17(22)16(23-18(19)21)11-13-7-3-1-4-8-13/h1-11H,12H2. The van der Waals surface area contributed by atoms with Crippen molar-refractivity contribution in [3.05, 3.63) is 76.7 Å². The molecule has 2 aromatic carbocycles. The predicted octanol–water partition coefficient (Wildman–Crippen LogP) is 4.41. The monoisotopic (exact) mass is 339 g/mol. The van der Waals surface area contributed by atoms with Crippen molar-refractivity contribution < 1.29 is 9.59 Å². The summed E-state index contributed by atoms with van der Waals surface area (Å²) >= 11 is 6.44. The normalized spacial score (nSPS) is 16.2. The van der Waals surface area contributed by atoms with E-state index in [1.807, 2.05) is 42.5 Å². The van der Waals surface area contributed by atoms with Gasteiger partial charge in [-0.3, -0.25) is 14.5 Å². The second-order valence-corrected chi connectivity index (χ2v) is 6.35. The van der Waals surface area contributed by atoms with Crippen LogP contribution in [0, 0.1) is 0 Å². The average Bonchev–Trinajstić information content (AvgIpc) is 2.84. The lowest BCUT2D eigenvalue weighted by Crippen LogP contribution is -2.32. The Morgan fingerprint density at radius 1 is 1.04 bits per heavy atom. The minimum Gasteiger partial charge on any atom is -0.292 e. The van der Waals surface area contributed by atoms with Crippen LogP contribution >= 0.6 is 24.0 Å². The number of amides is 1. The third kappa shape index (κ3) is 3.57. The molecule has 0 bridgehead atoms. The molecular formula is C18H13NO2S2. The van der Waals surface area contributed by atoms with Crippen molar-refractivity contribution in [2.45, 2.75) is 0 Å². The number of carbonyl (C=O) groups is 2. The Morgan fingerprint density at radius 2 is 1.65 bits per heavy atom. The lowest BCUT2D eigenvalue weighted by Gasteiger charge is -2.13. The molecule has 23 heavy (non-hydrogen) atoms. The summed E-state index contributed by atoms with van der Waals surface area (Å²) in [7, 11) is 0. The van der Waals surface area contributed by atoms with E-state index in [9.17, 15) is 9.59 Å². The van der Waals surface area contributed by atoms with Crippen molar-refractivity contribution in [3.8, 4) is 0 Å². The highest BCUT2D eigenvalue weighted by atomic mass is 32.2. The highest BCUT2D eigenvalue weighted by molar-refractivity contribution is 8.19. The molecule has 0 saturated carbocycles. The Morgan fingerprint density at radius 3 is 2.30 bits per heavy atom. The van der Waals surface area contributed by atoms with E-state index in [0.717, 1.165) is 17.3 Å². The van der Waals surface area contributed by atoms with Gasteiger partial charge in [0.05, 0.1) is 11.4 Å². The summed E-state index contributed by atoms with van der Waals surface area (Å²) in [6.45, 7) is -0.0270. The molecule has 0 atom stereocenters. The molecule has 3 nitrogen and oxygen atoms in total. The van der Waals surface area contributed by atoms with E-state index in [1.165, 1.54) is 4.90 Å². The summed E-state index contributed by atoms with van der Waals surface area (Å²) in [4.78, 5) is 26.9. The molecule has 114 valence electrons. The first-order valence-electron chi connectivity index (χ1n) is 7.04. The fourth-order valence-corrected chi connectivity index (χ4v) is 3.43. The van der Waals surface area contributed by atoms with Crippen LogP contribution < -0.4 is 0 Å². The van der Waals surface area contributed by atoms with Crippen molar-refractivity contribution in [2.24, 2.45) is 0 Å². The van der Waals surface area contributed by atoms with Gasteiger partial charge >= 0.3 is 0 Å². The van der Waals surface area contributed by atoms with Gasteiger partial charge in [-0.1, -0.05) is 72.9 Å². The molecule has 1 fully saturated rings. The Hall–Kier alpha value is -2.24. The molecule has 0 aliphatic carbocycles. The van der Waals surface area contributed by atoms with Gasteiger partial charge in [-0.2, -0.15) is 0 Å². The minimum absolute atomic E-state index is 0.0270. The molecule has 1 aliphatic rings. The van der Waals surface area contributed by atoms with E-state index < -0.39 is 0 Å². The molecule has 3 rings (SSSR count). The molecule has 0 N–H and O–H groups in total. The van der Waals surface area contributed by atoms with E-state index in [-0.39, 0.29) is 17.6 Å². The van der Waals surface area contributed by atoms with Crippen LogP contribution in [-0.4, -0.2) is 27.5 Å². The molecule has 1 heterocycles. The first kappa shape index (κ1) is 15.6. The van der Waals surface area contributed by atoms with Crippen molar-refractivity contribution in [1.29, 1.82) is 0 Å². The molecule has 1 saturated heterocycles. The number of nitrogens with zero attached hydrogens (tertiary/aromatic N) is 1. The number of rotatable bonds is 4. The third-order valence-corrected chi connectivity index (χ3v) is 4.86. The highest BCUT2D eigenvalue weighted by Gasteiger charge is 2.33. The number of hydrogen-bond acceptors (Lipinski definition) is 4. The lowest BCUT2D eigenvalue weighted by atomic mass is 10.1.